The summed E-state index contributed by atoms with van der Waals surface area (Å²) in [6.07, 6.45) is 0.287. The second-order valence-electron chi connectivity index (χ2n) is 7.64. The molecule has 2 rings (SSSR count). The minimum absolute atomic E-state index is 0.0855. The summed E-state index contributed by atoms with van der Waals surface area (Å²) in [5.74, 6) is -5.03. The van der Waals surface area contributed by atoms with Gasteiger partial charge in [-0.05, 0) is 45.7 Å². The Morgan fingerprint density at radius 2 is 1.82 bits per heavy atom. The number of carbonyl (C=O) groups is 2. The molecular formula is C19H25ClF2N2O4. The van der Waals surface area contributed by atoms with Gasteiger partial charge in [0.15, 0.2) is 6.61 Å². The van der Waals surface area contributed by atoms with Gasteiger partial charge in [-0.2, -0.15) is 8.78 Å². The van der Waals surface area contributed by atoms with E-state index in [9.17, 15) is 18.4 Å². The standard InChI is InChI=1S/C19H25ClF2N2O4/c1-18(2,3)28-17(26)24-10-8-13(9-11-24)23-16(25)19(21,22)12-27-15-7-5-4-6-14(15)20/h4-7,13H,8-12H2,1-3H3,(H,23,25). The first-order chi connectivity index (χ1) is 13.0. The molecule has 0 bridgehead atoms. The number of para-hydroxylation sites is 1. The summed E-state index contributed by atoms with van der Waals surface area (Å²) in [6.45, 7) is 4.84. The number of amides is 2. The van der Waals surface area contributed by atoms with Crippen LogP contribution < -0.4 is 10.1 Å². The molecule has 9 heteroatoms. The Morgan fingerprint density at radius 1 is 1.21 bits per heavy atom. The lowest BCUT2D eigenvalue weighted by molar-refractivity contribution is -0.150. The normalized spacial score (nSPS) is 15.9. The third-order valence-electron chi connectivity index (χ3n) is 4.06. The fourth-order valence-electron chi connectivity index (χ4n) is 2.62. The number of hydrogen-bond donors (Lipinski definition) is 1. The fraction of sp³-hybridized carbons (Fsp3) is 0.579. The summed E-state index contributed by atoms with van der Waals surface area (Å²) in [5, 5.41) is 2.53. The van der Waals surface area contributed by atoms with Gasteiger partial charge >= 0.3 is 12.0 Å². The molecule has 0 unspecified atom stereocenters. The summed E-state index contributed by atoms with van der Waals surface area (Å²) in [4.78, 5) is 25.5. The summed E-state index contributed by atoms with van der Waals surface area (Å²) in [6, 6.07) is 5.75. The molecule has 6 nitrogen and oxygen atoms in total. The van der Waals surface area contributed by atoms with E-state index in [0.29, 0.717) is 25.9 Å². The number of carbonyl (C=O) groups excluding carboxylic acids is 2. The van der Waals surface area contributed by atoms with Gasteiger partial charge in [0.05, 0.1) is 5.02 Å². The van der Waals surface area contributed by atoms with Crippen molar-refractivity contribution in [1.82, 2.24) is 10.2 Å². The summed E-state index contributed by atoms with van der Waals surface area (Å²) >= 11 is 5.85. The predicted octanol–water partition coefficient (Wildman–Crippen LogP) is 3.87. The second-order valence-corrected chi connectivity index (χ2v) is 8.05. The van der Waals surface area contributed by atoms with Gasteiger partial charge in [-0.15, -0.1) is 0 Å². The lowest BCUT2D eigenvalue weighted by Gasteiger charge is -2.34. The highest BCUT2D eigenvalue weighted by atomic mass is 35.5. The first kappa shape index (κ1) is 22.2. The molecule has 0 aromatic heterocycles. The quantitative estimate of drug-likeness (QED) is 0.788. The third kappa shape index (κ3) is 6.51. The Morgan fingerprint density at radius 3 is 2.39 bits per heavy atom. The zero-order chi connectivity index (χ0) is 20.9. The van der Waals surface area contributed by atoms with Crippen LogP contribution in [0.4, 0.5) is 13.6 Å². The number of nitrogens with one attached hydrogen (secondary N) is 1. The van der Waals surface area contributed by atoms with E-state index in [1.54, 1.807) is 32.9 Å². The molecule has 1 aromatic carbocycles. The van der Waals surface area contributed by atoms with Gasteiger partial charge in [-0.3, -0.25) is 4.79 Å². The van der Waals surface area contributed by atoms with Gasteiger partial charge in [0.25, 0.3) is 5.91 Å². The van der Waals surface area contributed by atoms with Gasteiger partial charge < -0.3 is 19.7 Å². The minimum Gasteiger partial charge on any atom is -0.485 e. The average Bonchev–Trinajstić information content (AvgIpc) is 2.60. The zero-order valence-electron chi connectivity index (χ0n) is 16.1. The number of halogens is 3. The van der Waals surface area contributed by atoms with Crippen LogP contribution in [0.5, 0.6) is 5.75 Å². The van der Waals surface area contributed by atoms with E-state index in [0.717, 1.165) is 0 Å². The average molecular weight is 419 g/mol. The molecular weight excluding hydrogens is 394 g/mol. The molecule has 1 saturated heterocycles. The topological polar surface area (TPSA) is 67.9 Å². The monoisotopic (exact) mass is 418 g/mol. The van der Waals surface area contributed by atoms with Crippen LogP contribution in [0.2, 0.25) is 5.02 Å². The van der Waals surface area contributed by atoms with Crippen LogP contribution in [0.15, 0.2) is 24.3 Å². The minimum atomic E-state index is -3.71. The first-order valence-corrected chi connectivity index (χ1v) is 9.40. The summed E-state index contributed by atoms with van der Waals surface area (Å²) in [5.41, 5.74) is -0.605. The molecule has 0 saturated carbocycles. The van der Waals surface area contributed by atoms with Crippen molar-refractivity contribution in [2.45, 2.75) is 51.2 Å². The number of likely N-dealkylation sites (tertiary alicyclic amines) is 1. The van der Waals surface area contributed by atoms with Gasteiger partial charge in [0, 0.05) is 19.1 Å². The van der Waals surface area contributed by atoms with Gasteiger partial charge in [0.1, 0.15) is 11.4 Å². The molecule has 1 aromatic rings. The van der Waals surface area contributed by atoms with Crippen molar-refractivity contribution in [2.24, 2.45) is 0 Å². The van der Waals surface area contributed by atoms with E-state index in [1.807, 2.05) is 0 Å². The highest BCUT2D eigenvalue weighted by Crippen LogP contribution is 2.26. The molecule has 1 fully saturated rings. The van der Waals surface area contributed by atoms with Gasteiger partial charge in [0.2, 0.25) is 0 Å². The van der Waals surface area contributed by atoms with Gasteiger partial charge in [-0.25, -0.2) is 4.79 Å². The van der Waals surface area contributed by atoms with E-state index in [1.165, 1.54) is 17.0 Å². The molecule has 1 aliphatic rings. The Bertz CT molecular complexity index is 701. The lowest BCUT2D eigenvalue weighted by atomic mass is 10.0. The number of nitrogens with zero attached hydrogens (tertiary/aromatic N) is 1. The molecule has 2 amide bonds. The van der Waals surface area contributed by atoms with Crippen LogP contribution in [0.3, 0.4) is 0 Å². The maximum atomic E-state index is 14.1. The fourth-order valence-corrected chi connectivity index (χ4v) is 2.81. The number of piperidine rings is 1. The zero-order valence-corrected chi connectivity index (χ0v) is 16.9. The number of alkyl halides is 2. The van der Waals surface area contributed by atoms with E-state index >= 15 is 0 Å². The maximum absolute atomic E-state index is 14.1. The first-order valence-electron chi connectivity index (χ1n) is 9.02. The van der Waals surface area contributed by atoms with Crippen LogP contribution in [0, 0.1) is 0 Å². The third-order valence-corrected chi connectivity index (χ3v) is 4.37. The highest BCUT2D eigenvalue weighted by Gasteiger charge is 2.41. The van der Waals surface area contributed by atoms with Gasteiger partial charge in [-0.1, -0.05) is 23.7 Å². The predicted molar refractivity (Wildman–Crippen MR) is 101 cm³/mol. The maximum Gasteiger partial charge on any atom is 0.410 e. The smallest absolute Gasteiger partial charge is 0.410 e. The molecule has 28 heavy (non-hydrogen) atoms. The number of hydrogen-bond acceptors (Lipinski definition) is 4. The molecule has 1 heterocycles. The Labute approximate surface area is 168 Å². The van der Waals surface area contributed by atoms with E-state index in [2.05, 4.69) is 5.32 Å². The lowest BCUT2D eigenvalue weighted by Crippen LogP contribution is -2.52. The van der Waals surface area contributed by atoms with Crippen molar-refractivity contribution in [3.8, 4) is 5.75 Å². The van der Waals surface area contributed by atoms with Crippen molar-refractivity contribution in [3.63, 3.8) is 0 Å². The summed E-state index contributed by atoms with van der Waals surface area (Å²) in [7, 11) is 0. The van der Waals surface area contributed by atoms with Crippen molar-refractivity contribution in [2.75, 3.05) is 19.7 Å². The number of rotatable bonds is 5. The second kappa shape index (κ2) is 8.94. The molecule has 0 aliphatic carbocycles. The van der Waals surface area contributed by atoms with E-state index in [4.69, 9.17) is 21.1 Å². The van der Waals surface area contributed by atoms with Crippen LogP contribution in [0.1, 0.15) is 33.6 Å². The number of benzene rings is 1. The molecule has 1 aliphatic heterocycles. The van der Waals surface area contributed by atoms with Crippen molar-refractivity contribution in [1.29, 1.82) is 0 Å². The van der Waals surface area contributed by atoms with E-state index < -0.39 is 36.2 Å². The van der Waals surface area contributed by atoms with Crippen LogP contribution in [-0.4, -0.2) is 54.2 Å². The largest absolute Gasteiger partial charge is 0.485 e. The van der Waals surface area contributed by atoms with Crippen molar-refractivity contribution < 1.29 is 27.8 Å². The van der Waals surface area contributed by atoms with Crippen LogP contribution in [-0.2, 0) is 9.53 Å². The molecule has 0 radical (unpaired) electrons. The van der Waals surface area contributed by atoms with Crippen molar-refractivity contribution in [3.05, 3.63) is 29.3 Å². The Hall–Kier alpha value is -2.09. The summed E-state index contributed by atoms with van der Waals surface area (Å²) < 4.78 is 38.5. The molecule has 156 valence electrons. The van der Waals surface area contributed by atoms with Crippen LogP contribution in [0.25, 0.3) is 0 Å². The Kier molecular flexibility index (Phi) is 7.09. The Balaban J connectivity index is 1.81. The number of ether oxygens (including phenoxy) is 2. The molecule has 1 N–H and O–H groups in total. The van der Waals surface area contributed by atoms with E-state index in [-0.39, 0.29) is 10.8 Å². The van der Waals surface area contributed by atoms with Crippen molar-refractivity contribution >= 4 is 23.6 Å². The SMILES string of the molecule is CC(C)(C)OC(=O)N1CCC(NC(=O)C(F)(F)COc2ccccc2Cl)CC1. The molecule has 0 spiro atoms. The van der Waals surface area contributed by atoms with Crippen LogP contribution >= 0.6 is 11.6 Å². The highest BCUT2D eigenvalue weighted by molar-refractivity contribution is 6.32. The molecule has 0 atom stereocenters.